The van der Waals surface area contributed by atoms with E-state index in [1.165, 1.54) is 16.7 Å². The van der Waals surface area contributed by atoms with E-state index in [0.29, 0.717) is 0 Å². The minimum Gasteiger partial charge on any atom is -0.292 e. The summed E-state index contributed by atoms with van der Waals surface area (Å²) in [5.41, 5.74) is 3.80. The second-order valence-corrected chi connectivity index (χ2v) is 4.19. The van der Waals surface area contributed by atoms with E-state index in [-0.39, 0.29) is 0 Å². The molecule has 17 heavy (non-hydrogen) atoms. The molecule has 1 heteroatoms. The lowest BCUT2D eigenvalue weighted by Gasteiger charge is -1.97. The highest BCUT2D eigenvalue weighted by Crippen LogP contribution is 2.02. The normalized spacial score (nSPS) is 10.9. The Hall–Kier alpha value is -1.89. The smallest absolute Gasteiger partial charge is 0.0429 e. The summed E-state index contributed by atoms with van der Waals surface area (Å²) in [6, 6.07) is 18.9. The van der Waals surface area contributed by atoms with E-state index in [1.807, 2.05) is 12.3 Å². The number of rotatable bonds is 4. The zero-order chi connectivity index (χ0) is 11.9. The summed E-state index contributed by atoms with van der Waals surface area (Å²) in [5, 5.41) is 0. The van der Waals surface area contributed by atoms with Crippen molar-refractivity contribution < 1.29 is 0 Å². The first-order valence-corrected chi connectivity index (χ1v) is 5.95. The number of nitrogens with zero attached hydrogens (tertiary/aromatic N) is 1. The Morgan fingerprint density at radius 3 is 2.59 bits per heavy atom. The van der Waals surface area contributed by atoms with E-state index in [2.05, 4.69) is 60.4 Å². The molecule has 0 aromatic heterocycles. The molecule has 2 aromatic rings. The van der Waals surface area contributed by atoms with Gasteiger partial charge in [-0.05, 0) is 24.5 Å². The van der Waals surface area contributed by atoms with Crippen molar-refractivity contribution in [3.8, 4) is 0 Å². The van der Waals surface area contributed by atoms with Gasteiger partial charge in [-0.1, -0.05) is 60.2 Å². The number of hydrogen-bond donors (Lipinski definition) is 0. The fourth-order valence-electron chi connectivity index (χ4n) is 1.76. The number of hydrogen-bond acceptors (Lipinski definition) is 1. The molecule has 0 unspecified atom stereocenters. The van der Waals surface area contributed by atoms with Gasteiger partial charge in [0.15, 0.2) is 0 Å². The van der Waals surface area contributed by atoms with Crippen LogP contribution < -0.4 is 0 Å². The van der Waals surface area contributed by atoms with Gasteiger partial charge in [0.1, 0.15) is 0 Å². The van der Waals surface area contributed by atoms with Crippen LogP contribution in [0.25, 0.3) is 0 Å². The lowest BCUT2D eigenvalue weighted by molar-refractivity contribution is 0.973. The Labute approximate surface area is 103 Å². The SMILES string of the molecule is Cc1cccc(C=NCCc2ccccc2)c1. The molecule has 0 saturated heterocycles. The van der Waals surface area contributed by atoms with Gasteiger partial charge in [-0.25, -0.2) is 0 Å². The standard InChI is InChI=1S/C16H17N/c1-14-6-5-9-16(12-14)13-17-11-10-15-7-3-2-4-8-15/h2-9,12-13H,10-11H2,1H3. The van der Waals surface area contributed by atoms with Crippen molar-refractivity contribution in [3.63, 3.8) is 0 Å². The molecule has 0 fully saturated rings. The maximum absolute atomic E-state index is 4.45. The summed E-state index contributed by atoms with van der Waals surface area (Å²) < 4.78 is 0. The van der Waals surface area contributed by atoms with Gasteiger partial charge >= 0.3 is 0 Å². The molecule has 0 atom stereocenters. The number of aryl methyl sites for hydroxylation is 1. The third-order valence-corrected chi connectivity index (χ3v) is 2.65. The molecule has 0 N–H and O–H groups in total. The van der Waals surface area contributed by atoms with Crippen molar-refractivity contribution in [2.75, 3.05) is 6.54 Å². The molecule has 0 saturated carbocycles. The second-order valence-electron chi connectivity index (χ2n) is 4.19. The van der Waals surface area contributed by atoms with Crippen LogP contribution in [0.3, 0.4) is 0 Å². The van der Waals surface area contributed by atoms with Crippen LogP contribution in [-0.4, -0.2) is 12.8 Å². The Morgan fingerprint density at radius 1 is 1.00 bits per heavy atom. The topological polar surface area (TPSA) is 12.4 Å². The summed E-state index contributed by atoms with van der Waals surface area (Å²) in [5.74, 6) is 0. The Morgan fingerprint density at radius 2 is 1.82 bits per heavy atom. The molecule has 0 spiro atoms. The Bertz CT molecular complexity index is 486. The van der Waals surface area contributed by atoms with E-state index in [0.717, 1.165) is 13.0 Å². The van der Waals surface area contributed by atoms with Crippen molar-refractivity contribution >= 4 is 6.21 Å². The first kappa shape index (κ1) is 11.6. The lowest BCUT2D eigenvalue weighted by atomic mass is 10.1. The monoisotopic (exact) mass is 223 g/mol. The first-order chi connectivity index (χ1) is 8.34. The molecular formula is C16H17N. The number of benzene rings is 2. The van der Waals surface area contributed by atoms with E-state index in [9.17, 15) is 0 Å². The Balaban J connectivity index is 1.86. The van der Waals surface area contributed by atoms with Crippen LogP contribution in [0.5, 0.6) is 0 Å². The molecule has 0 aliphatic rings. The van der Waals surface area contributed by atoms with Crippen molar-refractivity contribution in [1.82, 2.24) is 0 Å². The van der Waals surface area contributed by atoms with Gasteiger partial charge in [-0.3, -0.25) is 4.99 Å². The zero-order valence-corrected chi connectivity index (χ0v) is 10.1. The largest absolute Gasteiger partial charge is 0.292 e. The van der Waals surface area contributed by atoms with Crippen LogP contribution in [-0.2, 0) is 6.42 Å². The van der Waals surface area contributed by atoms with Crippen molar-refractivity contribution in [3.05, 3.63) is 71.3 Å². The van der Waals surface area contributed by atoms with Gasteiger partial charge in [-0.2, -0.15) is 0 Å². The van der Waals surface area contributed by atoms with Crippen LogP contribution in [0.1, 0.15) is 16.7 Å². The molecule has 1 nitrogen and oxygen atoms in total. The van der Waals surface area contributed by atoms with E-state index >= 15 is 0 Å². The molecule has 0 aliphatic heterocycles. The average molecular weight is 223 g/mol. The summed E-state index contributed by atoms with van der Waals surface area (Å²) >= 11 is 0. The predicted octanol–water partition coefficient (Wildman–Crippen LogP) is 3.66. The fourth-order valence-corrected chi connectivity index (χ4v) is 1.76. The van der Waals surface area contributed by atoms with Crippen LogP contribution >= 0.6 is 0 Å². The predicted molar refractivity (Wildman–Crippen MR) is 73.8 cm³/mol. The highest BCUT2D eigenvalue weighted by molar-refractivity contribution is 5.79. The molecule has 2 rings (SSSR count). The highest BCUT2D eigenvalue weighted by atomic mass is 14.7. The molecule has 0 heterocycles. The van der Waals surface area contributed by atoms with E-state index in [1.54, 1.807) is 0 Å². The summed E-state index contributed by atoms with van der Waals surface area (Å²) in [4.78, 5) is 4.45. The molecule has 0 amide bonds. The molecule has 2 aromatic carbocycles. The van der Waals surface area contributed by atoms with Crippen molar-refractivity contribution in [2.45, 2.75) is 13.3 Å². The quantitative estimate of drug-likeness (QED) is 0.701. The first-order valence-electron chi connectivity index (χ1n) is 5.95. The molecule has 0 bridgehead atoms. The maximum Gasteiger partial charge on any atom is 0.0429 e. The van der Waals surface area contributed by atoms with Crippen molar-refractivity contribution in [2.24, 2.45) is 4.99 Å². The van der Waals surface area contributed by atoms with Crippen LogP contribution in [0.2, 0.25) is 0 Å². The van der Waals surface area contributed by atoms with Gasteiger partial charge in [0.25, 0.3) is 0 Å². The zero-order valence-electron chi connectivity index (χ0n) is 10.1. The molecule has 0 aliphatic carbocycles. The second kappa shape index (κ2) is 6.00. The van der Waals surface area contributed by atoms with Crippen LogP contribution in [0.4, 0.5) is 0 Å². The van der Waals surface area contributed by atoms with E-state index < -0.39 is 0 Å². The summed E-state index contributed by atoms with van der Waals surface area (Å²) in [6.45, 7) is 2.94. The minimum atomic E-state index is 0.845. The van der Waals surface area contributed by atoms with Gasteiger partial charge in [-0.15, -0.1) is 0 Å². The fraction of sp³-hybridized carbons (Fsp3) is 0.188. The maximum atomic E-state index is 4.45. The molecular weight excluding hydrogens is 206 g/mol. The van der Waals surface area contributed by atoms with Gasteiger partial charge in [0.05, 0.1) is 0 Å². The Kier molecular flexibility index (Phi) is 4.09. The third kappa shape index (κ3) is 3.87. The summed E-state index contributed by atoms with van der Waals surface area (Å²) in [6.07, 6.45) is 2.96. The number of aliphatic imine (C=N–C) groups is 1. The lowest BCUT2D eigenvalue weighted by Crippen LogP contribution is -1.90. The van der Waals surface area contributed by atoms with Crippen LogP contribution in [0, 0.1) is 6.92 Å². The highest BCUT2D eigenvalue weighted by Gasteiger charge is 1.90. The van der Waals surface area contributed by atoms with E-state index in [4.69, 9.17) is 0 Å². The van der Waals surface area contributed by atoms with Crippen LogP contribution in [0.15, 0.2) is 59.6 Å². The van der Waals surface area contributed by atoms with Crippen molar-refractivity contribution in [1.29, 1.82) is 0 Å². The summed E-state index contributed by atoms with van der Waals surface area (Å²) in [7, 11) is 0. The molecule has 0 radical (unpaired) electrons. The van der Waals surface area contributed by atoms with Gasteiger partial charge in [0, 0.05) is 12.8 Å². The van der Waals surface area contributed by atoms with Gasteiger partial charge in [0.2, 0.25) is 0 Å². The third-order valence-electron chi connectivity index (χ3n) is 2.65. The average Bonchev–Trinajstić information content (AvgIpc) is 2.36. The minimum absolute atomic E-state index is 0.845. The van der Waals surface area contributed by atoms with Gasteiger partial charge < -0.3 is 0 Å². The molecule has 86 valence electrons.